The van der Waals surface area contributed by atoms with E-state index in [1.54, 1.807) is 6.07 Å². The first-order valence-electron chi connectivity index (χ1n) is 5.39. The van der Waals surface area contributed by atoms with Gasteiger partial charge in [0, 0.05) is 10.2 Å². The van der Waals surface area contributed by atoms with E-state index in [-0.39, 0.29) is 12.1 Å². The van der Waals surface area contributed by atoms with Crippen molar-refractivity contribution in [2.24, 2.45) is 0 Å². The predicted molar refractivity (Wildman–Crippen MR) is 71.3 cm³/mol. The van der Waals surface area contributed by atoms with E-state index in [2.05, 4.69) is 41.2 Å². The number of carboxylic acid groups (broad SMARTS) is 1. The van der Waals surface area contributed by atoms with Gasteiger partial charge in [-0.1, -0.05) is 5.16 Å². The Labute approximate surface area is 121 Å². The predicted octanol–water partition coefficient (Wildman–Crippen LogP) is 1.85. The van der Waals surface area contributed by atoms with Crippen LogP contribution in [-0.4, -0.2) is 27.2 Å². The number of carbonyl (C=O) groups is 2. The van der Waals surface area contributed by atoms with Crippen LogP contribution in [0.4, 0.5) is 10.5 Å². The maximum atomic E-state index is 11.6. The summed E-state index contributed by atoms with van der Waals surface area (Å²) < 4.78 is 4.95. The summed E-state index contributed by atoms with van der Waals surface area (Å²) in [5.41, 5.74) is 0.414. The van der Waals surface area contributed by atoms with Gasteiger partial charge in [-0.2, -0.15) is 4.98 Å². The summed E-state index contributed by atoms with van der Waals surface area (Å²) in [5.74, 6) is -0.755. The first-order chi connectivity index (χ1) is 9.56. The Hall–Kier alpha value is -2.42. The number of rotatable bonds is 4. The van der Waals surface area contributed by atoms with E-state index in [1.807, 2.05) is 0 Å². The summed E-state index contributed by atoms with van der Waals surface area (Å²) in [5, 5.41) is 17.5. The number of hydrogen-bond acceptors (Lipinski definition) is 5. The lowest BCUT2D eigenvalue weighted by molar-refractivity contribution is 0.0696. The molecule has 9 heteroatoms. The van der Waals surface area contributed by atoms with Gasteiger partial charge in [0.15, 0.2) is 5.82 Å². The van der Waals surface area contributed by atoms with Crippen molar-refractivity contribution >= 4 is 33.6 Å². The van der Waals surface area contributed by atoms with Crippen molar-refractivity contribution in [1.29, 1.82) is 0 Å². The number of halogens is 1. The first kappa shape index (κ1) is 14.0. The number of benzene rings is 1. The van der Waals surface area contributed by atoms with Gasteiger partial charge in [0.1, 0.15) is 0 Å². The molecule has 104 valence electrons. The van der Waals surface area contributed by atoms with Crippen molar-refractivity contribution < 1.29 is 19.2 Å². The largest absolute Gasteiger partial charge is 0.478 e. The van der Waals surface area contributed by atoms with Crippen LogP contribution in [0, 0.1) is 0 Å². The topological polar surface area (TPSA) is 117 Å². The zero-order chi connectivity index (χ0) is 14.5. The highest BCUT2D eigenvalue weighted by molar-refractivity contribution is 9.10. The Morgan fingerprint density at radius 3 is 2.85 bits per heavy atom. The molecule has 0 fully saturated rings. The molecular formula is C11H9BrN4O4. The standard InChI is InChI=1S/C11H9BrN4O4/c12-8-2-1-6(3-7(8)10(17)18)15-11(19)13-4-9-14-5-20-16-9/h1-3,5H,4H2,(H,17,18)(H2,13,15,19). The van der Waals surface area contributed by atoms with Crippen LogP contribution in [0.2, 0.25) is 0 Å². The van der Waals surface area contributed by atoms with E-state index in [0.29, 0.717) is 16.0 Å². The van der Waals surface area contributed by atoms with Crippen molar-refractivity contribution in [2.75, 3.05) is 5.32 Å². The Balaban J connectivity index is 1.97. The quantitative estimate of drug-likeness (QED) is 0.781. The lowest BCUT2D eigenvalue weighted by atomic mass is 10.2. The summed E-state index contributed by atoms with van der Waals surface area (Å²) >= 11 is 3.12. The van der Waals surface area contributed by atoms with Crippen LogP contribution in [0.25, 0.3) is 0 Å². The molecular weight excluding hydrogens is 332 g/mol. The lowest BCUT2D eigenvalue weighted by Crippen LogP contribution is -2.28. The smallest absolute Gasteiger partial charge is 0.336 e. The van der Waals surface area contributed by atoms with E-state index >= 15 is 0 Å². The molecule has 2 rings (SSSR count). The maximum absolute atomic E-state index is 11.6. The number of aromatic carboxylic acids is 1. The Morgan fingerprint density at radius 2 is 2.20 bits per heavy atom. The van der Waals surface area contributed by atoms with Crippen LogP contribution in [-0.2, 0) is 6.54 Å². The molecule has 0 spiro atoms. The fraction of sp³-hybridized carbons (Fsp3) is 0.0909. The molecule has 1 aromatic heterocycles. The van der Waals surface area contributed by atoms with Gasteiger partial charge in [-0.25, -0.2) is 9.59 Å². The van der Waals surface area contributed by atoms with Crippen molar-refractivity contribution in [3.05, 3.63) is 40.5 Å². The normalized spacial score (nSPS) is 10.1. The second-order valence-corrected chi connectivity index (χ2v) is 4.51. The van der Waals surface area contributed by atoms with E-state index < -0.39 is 12.0 Å². The highest BCUT2D eigenvalue weighted by Crippen LogP contribution is 2.21. The average Bonchev–Trinajstić information content (AvgIpc) is 2.91. The van der Waals surface area contributed by atoms with Crippen LogP contribution in [0.5, 0.6) is 0 Å². The molecule has 0 bridgehead atoms. The summed E-state index contributed by atoms with van der Waals surface area (Å²) in [4.78, 5) is 26.3. The molecule has 1 aromatic carbocycles. The molecule has 3 N–H and O–H groups in total. The van der Waals surface area contributed by atoms with Gasteiger partial charge in [0.2, 0.25) is 6.39 Å². The third kappa shape index (κ3) is 3.54. The van der Waals surface area contributed by atoms with Gasteiger partial charge in [-0.05, 0) is 34.1 Å². The van der Waals surface area contributed by atoms with Crippen LogP contribution >= 0.6 is 15.9 Å². The second-order valence-electron chi connectivity index (χ2n) is 3.65. The van der Waals surface area contributed by atoms with Crippen LogP contribution in [0.3, 0.4) is 0 Å². The summed E-state index contributed by atoms with van der Waals surface area (Å²) in [7, 11) is 0. The third-order valence-corrected chi connectivity index (χ3v) is 2.96. The maximum Gasteiger partial charge on any atom is 0.336 e. The van der Waals surface area contributed by atoms with Gasteiger partial charge in [-0.15, -0.1) is 0 Å². The van der Waals surface area contributed by atoms with Crippen LogP contribution in [0.1, 0.15) is 16.2 Å². The summed E-state index contributed by atoms with van der Waals surface area (Å²) in [6.07, 6.45) is 1.16. The van der Waals surface area contributed by atoms with Gasteiger partial charge in [0.05, 0.1) is 12.1 Å². The molecule has 0 aliphatic carbocycles. The van der Waals surface area contributed by atoms with Gasteiger partial charge in [0.25, 0.3) is 0 Å². The molecule has 0 atom stereocenters. The molecule has 2 aromatic rings. The number of carbonyl (C=O) groups excluding carboxylic acids is 1. The van der Waals surface area contributed by atoms with E-state index in [1.165, 1.54) is 12.1 Å². The molecule has 20 heavy (non-hydrogen) atoms. The van der Waals surface area contributed by atoms with E-state index in [4.69, 9.17) is 5.11 Å². The molecule has 2 amide bonds. The fourth-order valence-corrected chi connectivity index (χ4v) is 1.79. The Bertz CT molecular complexity index is 629. The second kappa shape index (κ2) is 6.15. The number of carboxylic acids is 1. The molecule has 0 radical (unpaired) electrons. The number of nitrogens with one attached hydrogen (secondary N) is 2. The molecule has 0 saturated heterocycles. The zero-order valence-corrected chi connectivity index (χ0v) is 11.5. The van der Waals surface area contributed by atoms with Crippen molar-refractivity contribution in [2.45, 2.75) is 6.54 Å². The minimum Gasteiger partial charge on any atom is -0.478 e. The molecule has 0 saturated carbocycles. The van der Waals surface area contributed by atoms with Gasteiger partial charge >= 0.3 is 12.0 Å². The first-order valence-corrected chi connectivity index (χ1v) is 6.18. The fourth-order valence-electron chi connectivity index (χ4n) is 1.37. The number of nitrogens with zero attached hydrogens (tertiary/aromatic N) is 2. The minimum atomic E-state index is -1.09. The number of anilines is 1. The monoisotopic (exact) mass is 340 g/mol. The Kier molecular flexibility index (Phi) is 4.31. The summed E-state index contributed by atoms with van der Waals surface area (Å²) in [6, 6.07) is 3.96. The molecule has 1 heterocycles. The molecule has 8 nitrogen and oxygen atoms in total. The van der Waals surface area contributed by atoms with Crippen molar-refractivity contribution in [3.63, 3.8) is 0 Å². The highest BCUT2D eigenvalue weighted by Gasteiger charge is 2.10. The zero-order valence-electron chi connectivity index (χ0n) is 9.96. The molecule has 0 aliphatic heterocycles. The SMILES string of the molecule is O=C(NCc1ncon1)Nc1ccc(Br)c(C(=O)O)c1. The van der Waals surface area contributed by atoms with Crippen molar-refractivity contribution in [1.82, 2.24) is 15.5 Å². The molecule has 0 aliphatic rings. The molecule has 0 unspecified atom stereocenters. The number of hydrogen-bond donors (Lipinski definition) is 3. The van der Waals surface area contributed by atoms with Gasteiger partial charge < -0.3 is 20.3 Å². The van der Waals surface area contributed by atoms with Crippen LogP contribution in [0.15, 0.2) is 33.6 Å². The lowest BCUT2D eigenvalue weighted by Gasteiger charge is -2.07. The minimum absolute atomic E-state index is 0.0565. The van der Waals surface area contributed by atoms with E-state index in [0.717, 1.165) is 6.39 Å². The van der Waals surface area contributed by atoms with Gasteiger partial charge in [-0.3, -0.25) is 0 Å². The number of amides is 2. The average molecular weight is 341 g/mol. The Morgan fingerprint density at radius 1 is 1.40 bits per heavy atom. The highest BCUT2D eigenvalue weighted by atomic mass is 79.9. The van der Waals surface area contributed by atoms with E-state index in [9.17, 15) is 9.59 Å². The third-order valence-electron chi connectivity index (χ3n) is 2.27. The number of aromatic nitrogens is 2. The van der Waals surface area contributed by atoms with Crippen molar-refractivity contribution in [3.8, 4) is 0 Å². The number of urea groups is 1. The summed E-state index contributed by atoms with van der Waals surface area (Å²) in [6.45, 7) is 0.102. The van der Waals surface area contributed by atoms with Crippen LogP contribution < -0.4 is 10.6 Å².